The molecular formula is C22H19F3N4O5. The summed E-state index contributed by atoms with van der Waals surface area (Å²) in [7, 11) is 4.31. The van der Waals surface area contributed by atoms with Crippen molar-refractivity contribution in [2.75, 3.05) is 7.11 Å². The van der Waals surface area contributed by atoms with Gasteiger partial charge in [0.1, 0.15) is 17.2 Å². The fourth-order valence-corrected chi connectivity index (χ4v) is 3.44. The van der Waals surface area contributed by atoms with Gasteiger partial charge in [-0.15, -0.1) is 13.2 Å². The molecule has 0 saturated carbocycles. The Balaban J connectivity index is 1.86. The average Bonchev–Trinajstić information content (AvgIpc) is 3.13. The van der Waals surface area contributed by atoms with E-state index in [0.29, 0.717) is 5.75 Å². The van der Waals surface area contributed by atoms with Crippen LogP contribution in [0.2, 0.25) is 0 Å². The fourth-order valence-electron chi connectivity index (χ4n) is 3.44. The molecule has 0 saturated heterocycles. The van der Waals surface area contributed by atoms with Gasteiger partial charge >= 0.3 is 18.1 Å². The number of nitrogens with zero attached hydrogens (tertiary/aromatic N) is 4. The van der Waals surface area contributed by atoms with E-state index >= 15 is 0 Å². The number of fused-ring (bicyclic) bond motifs is 1. The number of alkyl halides is 3. The van der Waals surface area contributed by atoms with Crippen molar-refractivity contribution in [3.05, 3.63) is 74.9 Å². The first kappa shape index (κ1) is 23.0. The van der Waals surface area contributed by atoms with Gasteiger partial charge in [-0.05, 0) is 29.8 Å². The molecule has 2 aromatic heterocycles. The Morgan fingerprint density at radius 2 is 1.62 bits per heavy atom. The smallest absolute Gasteiger partial charge is 0.497 e. The summed E-state index contributed by atoms with van der Waals surface area (Å²) >= 11 is 0. The van der Waals surface area contributed by atoms with Crippen LogP contribution in [0.25, 0.3) is 11.2 Å². The number of hydrogen-bond donors (Lipinski definition) is 0. The first-order valence-corrected chi connectivity index (χ1v) is 9.90. The Labute approximate surface area is 190 Å². The van der Waals surface area contributed by atoms with Crippen molar-refractivity contribution >= 4 is 11.2 Å². The van der Waals surface area contributed by atoms with E-state index in [9.17, 15) is 22.8 Å². The second-order valence-corrected chi connectivity index (χ2v) is 7.33. The zero-order chi connectivity index (χ0) is 24.6. The Kier molecular flexibility index (Phi) is 5.82. The number of aromatic nitrogens is 4. The standard InChI is InChI=1S/C22H19F3N4O5/c1-27-18-17(19(30)28(2)21(27)31)29(12-13-6-4-7-14(10-13)32-3)20(26-18)33-15-8-5-9-16(11-15)34-22(23,24)25/h4-11H,12H2,1-3H3. The number of methoxy groups -OCH3 is 1. The second kappa shape index (κ2) is 8.61. The van der Waals surface area contributed by atoms with Crippen molar-refractivity contribution in [3.8, 4) is 23.3 Å². The Morgan fingerprint density at radius 1 is 0.941 bits per heavy atom. The number of aryl methyl sites for hydroxylation is 1. The van der Waals surface area contributed by atoms with E-state index in [1.165, 1.54) is 42.5 Å². The molecule has 34 heavy (non-hydrogen) atoms. The Hall–Kier alpha value is -4.22. The van der Waals surface area contributed by atoms with Gasteiger partial charge in [0, 0.05) is 20.2 Å². The van der Waals surface area contributed by atoms with Gasteiger partial charge in [0.05, 0.1) is 13.7 Å². The summed E-state index contributed by atoms with van der Waals surface area (Å²) in [5.41, 5.74) is -0.305. The number of hydrogen-bond acceptors (Lipinski definition) is 6. The van der Waals surface area contributed by atoms with Crippen molar-refractivity contribution in [2.24, 2.45) is 14.1 Å². The molecule has 0 unspecified atom stereocenters. The molecule has 12 heteroatoms. The summed E-state index contributed by atoms with van der Waals surface area (Å²) in [5.74, 6) is 0.0937. The van der Waals surface area contributed by atoms with Crippen molar-refractivity contribution in [2.45, 2.75) is 12.9 Å². The van der Waals surface area contributed by atoms with Crippen LogP contribution >= 0.6 is 0 Å². The molecule has 0 aliphatic heterocycles. The van der Waals surface area contributed by atoms with Crippen LogP contribution in [0.1, 0.15) is 5.56 Å². The Morgan fingerprint density at radius 3 is 2.32 bits per heavy atom. The van der Waals surface area contributed by atoms with Crippen LogP contribution in [-0.4, -0.2) is 32.2 Å². The molecule has 0 fully saturated rings. The predicted octanol–water partition coefficient (Wildman–Crippen LogP) is 3.18. The lowest BCUT2D eigenvalue weighted by Crippen LogP contribution is -2.37. The summed E-state index contributed by atoms with van der Waals surface area (Å²) < 4.78 is 56.4. The molecule has 0 atom stereocenters. The van der Waals surface area contributed by atoms with Crippen LogP contribution in [0.3, 0.4) is 0 Å². The zero-order valence-corrected chi connectivity index (χ0v) is 18.3. The average molecular weight is 476 g/mol. The number of rotatable bonds is 6. The summed E-state index contributed by atoms with van der Waals surface area (Å²) in [6, 6.07) is 11.9. The summed E-state index contributed by atoms with van der Waals surface area (Å²) in [6.45, 7) is 0.106. The second-order valence-electron chi connectivity index (χ2n) is 7.33. The third-order valence-corrected chi connectivity index (χ3v) is 5.04. The van der Waals surface area contributed by atoms with Gasteiger partial charge in [0.2, 0.25) is 0 Å². The van der Waals surface area contributed by atoms with E-state index in [0.717, 1.165) is 22.3 Å². The minimum Gasteiger partial charge on any atom is -0.497 e. The van der Waals surface area contributed by atoms with Gasteiger partial charge in [0.25, 0.3) is 5.56 Å². The summed E-state index contributed by atoms with van der Waals surface area (Å²) in [6.07, 6.45) is -4.87. The summed E-state index contributed by atoms with van der Waals surface area (Å²) in [5, 5.41) is 0. The maximum atomic E-state index is 13.0. The minimum absolute atomic E-state index is 0.00854. The first-order chi connectivity index (χ1) is 16.1. The molecule has 0 aliphatic carbocycles. The molecule has 0 bridgehead atoms. The molecule has 0 N–H and O–H groups in total. The molecule has 178 valence electrons. The fraction of sp³-hybridized carbons (Fsp3) is 0.227. The highest BCUT2D eigenvalue weighted by molar-refractivity contribution is 5.72. The number of halogens is 3. The lowest BCUT2D eigenvalue weighted by atomic mass is 10.2. The van der Waals surface area contributed by atoms with E-state index < -0.39 is 23.4 Å². The maximum absolute atomic E-state index is 13.0. The molecule has 2 aromatic carbocycles. The predicted molar refractivity (Wildman–Crippen MR) is 116 cm³/mol. The number of benzene rings is 2. The monoisotopic (exact) mass is 476 g/mol. The van der Waals surface area contributed by atoms with E-state index in [1.807, 2.05) is 0 Å². The molecule has 0 radical (unpaired) electrons. The van der Waals surface area contributed by atoms with Crippen LogP contribution in [0, 0.1) is 0 Å². The zero-order valence-electron chi connectivity index (χ0n) is 18.3. The van der Waals surface area contributed by atoms with E-state index in [2.05, 4.69) is 9.72 Å². The quantitative estimate of drug-likeness (QED) is 0.425. The largest absolute Gasteiger partial charge is 0.573 e. The molecule has 0 amide bonds. The highest BCUT2D eigenvalue weighted by Gasteiger charge is 2.31. The molecular weight excluding hydrogens is 457 g/mol. The van der Waals surface area contributed by atoms with Gasteiger partial charge in [-0.3, -0.25) is 18.5 Å². The van der Waals surface area contributed by atoms with Crippen LogP contribution in [0.15, 0.2) is 58.1 Å². The van der Waals surface area contributed by atoms with E-state index in [-0.39, 0.29) is 29.5 Å². The highest BCUT2D eigenvalue weighted by Crippen LogP contribution is 2.30. The third-order valence-electron chi connectivity index (χ3n) is 5.04. The molecule has 0 aliphatic rings. The molecule has 0 spiro atoms. The van der Waals surface area contributed by atoms with E-state index in [4.69, 9.17) is 9.47 Å². The van der Waals surface area contributed by atoms with Crippen LogP contribution in [-0.2, 0) is 20.6 Å². The van der Waals surface area contributed by atoms with Crippen molar-refractivity contribution < 1.29 is 27.4 Å². The number of imidazole rings is 1. The molecule has 4 rings (SSSR count). The maximum Gasteiger partial charge on any atom is 0.573 e. The van der Waals surface area contributed by atoms with Crippen LogP contribution < -0.4 is 25.5 Å². The molecule has 4 aromatic rings. The van der Waals surface area contributed by atoms with Gasteiger partial charge in [0.15, 0.2) is 11.2 Å². The van der Waals surface area contributed by atoms with Crippen molar-refractivity contribution in [1.82, 2.24) is 18.7 Å². The third kappa shape index (κ3) is 4.47. The van der Waals surface area contributed by atoms with E-state index in [1.54, 1.807) is 24.3 Å². The van der Waals surface area contributed by atoms with Crippen molar-refractivity contribution in [1.29, 1.82) is 0 Å². The first-order valence-electron chi connectivity index (χ1n) is 9.90. The normalized spacial score (nSPS) is 11.6. The van der Waals surface area contributed by atoms with Gasteiger partial charge in [-0.1, -0.05) is 18.2 Å². The van der Waals surface area contributed by atoms with Gasteiger partial charge < -0.3 is 14.2 Å². The lowest BCUT2D eigenvalue weighted by Gasteiger charge is -2.12. The Bertz CT molecular complexity index is 1490. The molecule has 2 heterocycles. The van der Waals surface area contributed by atoms with Crippen molar-refractivity contribution in [3.63, 3.8) is 0 Å². The lowest BCUT2D eigenvalue weighted by molar-refractivity contribution is -0.274. The van der Waals surface area contributed by atoms with Gasteiger partial charge in [-0.2, -0.15) is 4.98 Å². The van der Waals surface area contributed by atoms with Crippen LogP contribution in [0.5, 0.6) is 23.3 Å². The number of ether oxygens (including phenoxy) is 3. The highest BCUT2D eigenvalue weighted by atomic mass is 19.4. The topological polar surface area (TPSA) is 89.5 Å². The SMILES string of the molecule is COc1cccc(Cn2c(Oc3cccc(OC(F)(F)F)c3)nc3c2c(=O)n(C)c(=O)n3C)c1. The summed E-state index contributed by atoms with van der Waals surface area (Å²) in [4.78, 5) is 29.7. The minimum atomic E-state index is -4.87. The van der Waals surface area contributed by atoms with Crippen LogP contribution in [0.4, 0.5) is 13.2 Å². The van der Waals surface area contributed by atoms with Gasteiger partial charge in [-0.25, -0.2) is 4.79 Å². The molecule has 9 nitrogen and oxygen atoms in total.